The molecule has 1 unspecified atom stereocenters. The Balaban J connectivity index is 1.74. The van der Waals surface area contributed by atoms with E-state index in [2.05, 4.69) is 23.2 Å². The fourth-order valence-electron chi connectivity index (χ4n) is 5.63. The number of benzene rings is 1. The maximum absolute atomic E-state index is 13.2. The van der Waals surface area contributed by atoms with Gasteiger partial charge in [0.25, 0.3) is 0 Å². The van der Waals surface area contributed by atoms with Crippen molar-refractivity contribution in [1.29, 1.82) is 0 Å². The number of carbonyl (C=O) groups excluding carboxylic acids is 2. The van der Waals surface area contributed by atoms with Crippen molar-refractivity contribution in [1.82, 2.24) is 4.90 Å². The molecule has 6 heteroatoms. The number of piperidine rings is 1. The summed E-state index contributed by atoms with van der Waals surface area (Å²) >= 11 is 0. The minimum atomic E-state index is -0.540. The second kappa shape index (κ2) is 7.24. The van der Waals surface area contributed by atoms with Crippen LogP contribution in [0.3, 0.4) is 0 Å². The number of nitrogens with zero attached hydrogens (tertiary/aromatic N) is 1. The van der Waals surface area contributed by atoms with Crippen molar-refractivity contribution in [3.05, 3.63) is 41.7 Å². The number of hydrogen-bond acceptors (Lipinski definition) is 5. The van der Waals surface area contributed by atoms with Gasteiger partial charge in [-0.25, -0.2) is 4.79 Å². The topological polar surface area (TPSA) is 67.9 Å². The lowest BCUT2D eigenvalue weighted by atomic mass is 9.67. The number of esters is 1. The van der Waals surface area contributed by atoms with E-state index < -0.39 is 5.41 Å². The zero-order chi connectivity index (χ0) is 19.9. The number of amides is 1. The standard InChI is InChI=1S/C22H28N2O4/c1-4-14-12-24-10-9-22(17-7-5-6-8-18(17)23-21(22)26)19(24)11-15(14)16(13-27-2)20(25)28-3/h5-8,13-15,19H,4,9-12H2,1-3H3,(H,23,26)/b16-13+/t14-,15+,19?,22-/m0/s1. The molecule has 0 aliphatic carbocycles. The van der Waals surface area contributed by atoms with Crippen molar-refractivity contribution in [2.24, 2.45) is 11.8 Å². The lowest BCUT2D eigenvalue weighted by molar-refractivity contribution is -0.137. The molecule has 1 aromatic carbocycles. The van der Waals surface area contributed by atoms with Gasteiger partial charge in [0, 0.05) is 18.3 Å². The summed E-state index contributed by atoms with van der Waals surface area (Å²) in [6.45, 7) is 3.93. The van der Waals surface area contributed by atoms with Gasteiger partial charge >= 0.3 is 5.97 Å². The number of ether oxygens (including phenoxy) is 2. The SMILES string of the molecule is CC[C@H]1CN2CC[C@@]3(C(=O)Nc4ccccc43)C2C[C@H]1/C(=C\OC)C(=O)OC. The first-order chi connectivity index (χ1) is 13.6. The second-order valence-corrected chi connectivity index (χ2v) is 8.04. The maximum Gasteiger partial charge on any atom is 0.337 e. The molecule has 1 spiro atoms. The van der Waals surface area contributed by atoms with Gasteiger partial charge in [0.15, 0.2) is 0 Å². The summed E-state index contributed by atoms with van der Waals surface area (Å²) in [7, 11) is 2.95. The molecule has 4 rings (SSSR count). The van der Waals surface area contributed by atoms with Crippen LogP contribution in [0.15, 0.2) is 36.1 Å². The van der Waals surface area contributed by atoms with E-state index in [0.717, 1.165) is 43.6 Å². The number of rotatable bonds is 4. The van der Waals surface area contributed by atoms with E-state index in [1.165, 1.54) is 13.4 Å². The molecule has 0 bridgehead atoms. The van der Waals surface area contributed by atoms with Crippen LogP contribution >= 0.6 is 0 Å². The first-order valence-corrected chi connectivity index (χ1v) is 10.0. The molecular weight excluding hydrogens is 356 g/mol. The van der Waals surface area contributed by atoms with E-state index in [4.69, 9.17) is 9.47 Å². The average molecular weight is 384 g/mol. The van der Waals surface area contributed by atoms with E-state index in [9.17, 15) is 9.59 Å². The summed E-state index contributed by atoms with van der Waals surface area (Å²) in [6.07, 6.45) is 4.04. The van der Waals surface area contributed by atoms with Crippen LogP contribution in [0.1, 0.15) is 31.7 Å². The van der Waals surface area contributed by atoms with E-state index in [-0.39, 0.29) is 23.8 Å². The molecule has 0 radical (unpaired) electrons. The molecule has 2 saturated heterocycles. The predicted molar refractivity (Wildman–Crippen MR) is 106 cm³/mol. The Morgan fingerprint density at radius 1 is 1.36 bits per heavy atom. The fourth-order valence-corrected chi connectivity index (χ4v) is 5.63. The summed E-state index contributed by atoms with van der Waals surface area (Å²) in [4.78, 5) is 28.1. The normalized spacial score (nSPS) is 32.0. The largest absolute Gasteiger partial charge is 0.504 e. The van der Waals surface area contributed by atoms with Crippen LogP contribution in [0, 0.1) is 11.8 Å². The third-order valence-corrected chi connectivity index (χ3v) is 6.97. The average Bonchev–Trinajstić information content (AvgIpc) is 3.23. The summed E-state index contributed by atoms with van der Waals surface area (Å²) in [5, 5.41) is 3.10. The Bertz CT molecular complexity index is 821. The van der Waals surface area contributed by atoms with Crippen LogP contribution in [0.2, 0.25) is 0 Å². The molecule has 1 N–H and O–H groups in total. The molecule has 3 heterocycles. The van der Waals surface area contributed by atoms with Crippen LogP contribution in [0.25, 0.3) is 0 Å². The number of nitrogens with one attached hydrogen (secondary N) is 1. The third-order valence-electron chi connectivity index (χ3n) is 6.97. The molecule has 2 fully saturated rings. The number of carbonyl (C=O) groups is 2. The summed E-state index contributed by atoms with van der Waals surface area (Å²) in [5.41, 5.74) is 2.05. The highest BCUT2D eigenvalue weighted by atomic mass is 16.5. The van der Waals surface area contributed by atoms with Crippen LogP contribution in [-0.2, 0) is 24.5 Å². The smallest absolute Gasteiger partial charge is 0.337 e. The molecule has 6 nitrogen and oxygen atoms in total. The maximum atomic E-state index is 13.2. The van der Waals surface area contributed by atoms with Crippen molar-refractivity contribution in [2.75, 3.05) is 32.6 Å². The monoisotopic (exact) mass is 384 g/mol. The molecule has 3 aliphatic rings. The lowest BCUT2D eigenvalue weighted by Gasteiger charge is -2.45. The molecule has 1 aromatic rings. The van der Waals surface area contributed by atoms with Crippen molar-refractivity contribution in [3.8, 4) is 0 Å². The zero-order valence-corrected chi connectivity index (χ0v) is 16.7. The van der Waals surface area contributed by atoms with Gasteiger partial charge in [-0.2, -0.15) is 0 Å². The quantitative estimate of drug-likeness (QED) is 0.491. The van der Waals surface area contributed by atoms with Gasteiger partial charge in [-0.3, -0.25) is 9.69 Å². The Hall–Kier alpha value is -2.34. The molecule has 28 heavy (non-hydrogen) atoms. The fraction of sp³-hybridized carbons (Fsp3) is 0.545. The predicted octanol–water partition coefficient (Wildman–Crippen LogP) is 2.70. The third kappa shape index (κ3) is 2.65. The van der Waals surface area contributed by atoms with Crippen molar-refractivity contribution < 1.29 is 19.1 Å². The van der Waals surface area contributed by atoms with Gasteiger partial charge in [0.05, 0.1) is 31.5 Å². The van der Waals surface area contributed by atoms with Gasteiger partial charge in [-0.15, -0.1) is 0 Å². The molecule has 3 aliphatic heterocycles. The van der Waals surface area contributed by atoms with Gasteiger partial charge in [-0.05, 0) is 42.9 Å². The highest BCUT2D eigenvalue weighted by molar-refractivity contribution is 6.07. The van der Waals surface area contributed by atoms with Crippen LogP contribution in [-0.4, -0.2) is 50.1 Å². The van der Waals surface area contributed by atoms with Crippen LogP contribution in [0.5, 0.6) is 0 Å². The first-order valence-electron chi connectivity index (χ1n) is 10.0. The molecule has 1 amide bonds. The molecule has 4 atom stereocenters. The van der Waals surface area contributed by atoms with Crippen molar-refractivity contribution in [3.63, 3.8) is 0 Å². The second-order valence-electron chi connectivity index (χ2n) is 8.04. The Morgan fingerprint density at radius 3 is 2.86 bits per heavy atom. The van der Waals surface area contributed by atoms with Crippen molar-refractivity contribution >= 4 is 17.6 Å². The van der Waals surface area contributed by atoms with E-state index >= 15 is 0 Å². The van der Waals surface area contributed by atoms with E-state index in [1.807, 2.05) is 18.2 Å². The Morgan fingerprint density at radius 2 is 2.14 bits per heavy atom. The number of fused-ring (bicyclic) bond motifs is 4. The summed E-state index contributed by atoms with van der Waals surface area (Å²) < 4.78 is 10.3. The minimum Gasteiger partial charge on any atom is -0.504 e. The number of para-hydroxylation sites is 1. The van der Waals surface area contributed by atoms with Gasteiger partial charge in [-0.1, -0.05) is 31.5 Å². The number of hydrogen-bond donors (Lipinski definition) is 1. The highest BCUT2D eigenvalue weighted by Gasteiger charge is 2.60. The van der Waals surface area contributed by atoms with Gasteiger partial charge in [0.2, 0.25) is 5.91 Å². The van der Waals surface area contributed by atoms with Gasteiger partial charge in [0.1, 0.15) is 0 Å². The van der Waals surface area contributed by atoms with Crippen LogP contribution < -0.4 is 5.32 Å². The molecule has 150 valence electrons. The lowest BCUT2D eigenvalue weighted by Crippen LogP contribution is -2.53. The molecular formula is C22H28N2O4. The zero-order valence-electron chi connectivity index (χ0n) is 16.7. The highest BCUT2D eigenvalue weighted by Crippen LogP contribution is 2.53. The summed E-state index contributed by atoms with van der Waals surface area (Å²) in [6, 6.07) is 8.07. The number of methoxy groups -OCH3 is 2. The Kier molecular flexibility index (Phi) is 4.91. The molecule has 0 aromatic heterocycles. The van der Waals surface area contributed by atoms with Gasteiger partial charge < -0.3 is 14.8 Å². The van der Waals surface area contributed by atoms with Crippen LogP contribution in [0.4, 0.5) is 5.69 Å². The molecule has 0 saturated carbocycles. The van der Waals surface area contributed by atoms with Crippen molar-refractivity contribution in [2.45, 2.75) is 37.6 Å². The number of anilines is 1. The van der Waals surface area contributed by atoms with E-state index in [1.54, 1.807) is 7.11 Å². The summed E-state index contributed by atoms with van der Waals surface area (Å²) in [5.74, 6) is 0.0769. The van der Waals surface area contributed by atoms with E-state index in [0.29, 0.717) is 11.5 Å². The first kappa shape index (κ1) is 19.0. The Labute approximate surface area is 165 Å². The minimum absolute atomic E-state index is 0.00851.